The number of nitrogens with zero attached hydrogens (tertiary/aromatic N) is 2. The summed E-state index contributed by atoms with van der Waals surface area (Å²) in [6.07, 6.45) is 1.07. The second kappa shape index (κ2) is 6.54. The predicted octanol–water partition coefficient (Wildman–Crippen LogP) is 2.56. The summed E-state index contributed by atoms with van der Waals surface area (Å²) in [5.41, 5.74) is 0.135. The maximum atomic E-state index is 12.0. The monoisotopic (exact) mass is 364 g/mol. The first-order valence-corrected chi connectivity index (χ1v) is 9.54. The third kappa shape index (κ3) is 3.69. The lowest BCUT2D eigenvalue weighted by atomic mass is 10.2. The van der Waals surface area contributed by atoms with Crippen LogP contribution in [0.4, 0.5) is 0 Å². The van der Waals surface area contributed by atoms with Crippen LogP contribution in [0.25, 0.3) is 10.7 Å². The fraction of sp³-hybridized carbons (Fsp3) is 0.133. The molecule has 0 fully saturated rings. The van der Waals surface area contributed by atoms with Gasteiger partial charge in [-0.2, -0.15) is 4.98 Å². The van der Waals surface area contributed by atoms with Crippen LogP contribution in [0.3, 0.4) is 0 Å². The molecule has 0 aliphatic rings. The summed E-state index contributed by atoms with van der Waals surface area (Å²) in [4.78, 5) is 17.1. The SMILES string of the molecule is CS(=O)(=O)c1cccc(C(=O)OCc2nc(-c3cccs3)no2)c1. The van der Waals surface area contributed by atoms with E-state index in [1.54, 1.807) is 0 Å². The number of carbonyl (C=O) groups is 1. The van der Waals surface area contributed by atoms with Crippen LogP contribution < -0.4 is 0 Å². The first-order chi connectivity index (χ1) is 11.4. The van der Waals surface area contributed by atoms with Crippen molar-refractivity contribution in [2.75, 3.05) is 6.26 Å². The van der Waals surface area contributed by atoms with Crippen LogP contribution in [0, 0.1) is 0 Å². The second-order valence-electron chi connectivity index (χ2n) is 4.87. The lowest BCUT2D eigenvalue weighted by Crippen LogP contribution is -2.07. The molecule has 0 saturated heterocycles. The average molecular weight is 364 g/mol. The van der Waals surface area contributed by atoms with Gasteiger partial charge in [0, 0.05) is 6.26 Å². The van der Waals surface area contributed by atoms with E-state index in [1.165, 1.54) is 35.6 Å². The lowest BCUT2D eigenvalue weighted by Gasteiger charge is -2.03. The molecule has 2 aromatic heterocycles. The van der Waals surface area contributed by atoms with Crippen molar-refractivity contribution >= 4 is 27.1 Å². The van der Waals surface area contributed by atoms with Crippen LogP contribution in [0.1, 0.15) is 16.2 Å². The molecule has 2 heterocycles. The molecule has 0 atom stereocenters. The van der Waals surface area contributed by atoms with E-state index in [-0.39, 0.29) is 23.0 Å². The summed E-state index contributed by atoms with van der Waals surface area (Å²) in [7, 11) is -3.40. The molecule has 7 nitrogen and oxygen atoms in total. The maximum Gasteiger partial charge on any atom is 0.338 e. The maximum absolute atomic E-state index is 12.0. The van der Waals surface area contributed by atoms with Crippen molar-refractivity contribution in [1.29, 1.82) is 0 Å². The number of sulfone groups is 1. The molecule has 0 radical (unpaired) electrons. The number of ether oxygens (including phenoxy) is 1. The average Bonchev–Trinajstić information content (AvgIpc) is 3.23. The van der Waals surface area contributed by atoms with Gasteiger partial charge in [-0.25, -0.2) is 13.2 Å². The normalized spacial score (nSPS) is 11.4. The molecule has 0 aliphatic heterocycles. The van der Waals surface area contributed by atoms with Crippen LogP contribution in [-0.2, 0) is 21.2 Å². The molecular weight excluding hydrogens is 352 g/mol. The van der Waals surface area contributed by atoms with Crippen molar-refractivity contribution in [2.24, 2.45) is 0 Å². The second-order valence-corrected chi connectivity index (χ2v) is 7.83. The van der Waals surface area contributed by atoms with E-state index in [4.69, 9.17) is 9.26 Å². The van der Waals surface area contributed by atoms with Crippen molar-refractivity contribution in [1.82, 2.24) is 10.1 Å². The predicted molar refractivity (Wildman–Crippen MR) is 86.3 cm³/mol. The topological polar surface area (TPSA) is 99.4 Å². The van der Waals surface area contributed by atoms with Gasteiger partial charge in [-0.05, 0) is 29.6 Å². The Balaban J connectivity index is 1.68. The molecule has 1 aromatic carbocycles. The van der Waals surface area contributed by atoms with Gasteiger partial charge >= 0.3 is 5.97 Å². The summed E-state index contributed by atoms with van der Waals surface area (Å²) in [6.45, 7) is -0.194. The Hall–Kier alpha value is -2.52. The first-order valence-electron chi connectivity index (χ1n) is 6.77. The fourth-order valence-corrected chi connectivity index (χ4v) is 3.20. The quantitative estimate of drug-likeness (QED) is 0.641. The van der Waals surface area contributed by atoms with Gasteiger partial charge in [0.2, 0.25) is 5.82 Å². The van der Waals surface area contributed by atoms with Gasteiger partial charge < -0.3 is 9.26 Å². The van der Waals surface area contributed by atoms with Gasteiger partial charge in [-0.1, -0.05) is 17.3 Å². The molecule has 9 heteroatoms. The smallest absolute Gasteiger partial charge is 0.338 e. The van der Waals surface area contributed by atoms with Crippen LogP contribution in [-0.4, -0.2) is 30.8 Å². The van der Waals surface area contributed by atoms with E-state index in [1.807, 2.05) is 17.5 Å². The zero-order chi connectivity index (χ0) is 17.2. The van der Waals surface area contributed by atoms with E-state index in [0.29, 0.717) is 5.82 Å². The summed E-state index contributed by atoms with van der Waals surface area (Å²) in [6, 6.07) is 9.35. The summed E-state index contributed by atoms with van der Waals surface area (Å²) < 4.78 is 33.1. The summed E-state index contributed by atoms with van der Waals surface area (Å²) in [5.74, 6) is -0.0856. The Bertz CT molecular complexity index is 961. The standard InChI is InChI=1S/C15H12N2O5S2/c1-24(19,20)11-5-2-4-10(8-11)15(18)21-9-13-16-14(17-22-13)12-6-3-7-23-12/h2-8H,9H2,1H3. The Kier molecular flexibility index (Phi) is 4.45. The van der Waals surface area contributed by atoms with Crippen molar-refractivity contribution in [3.63, 3.8) is 0 Å². The molecule has 3 aromatic rings. The number of carbonyl (C=O) groups excluding carboxylic acids is 1. The van der Waals surface area contributed by atoms with Crippen molar-refractivity contribution in [3.05, 3.63) is 53.2 Å². The Morgan fingerprint density at radius 3 is 2.83 bits per heavy atom. The van der Waals surface area contributed by atoms with Gasteiger partial charge in [-0.15, -0.1) is 11.3 Å². The zero-order valence-electron chi connectivity index (χ0n) is 12.5. The molecule has 0 bridgehead atoms. The molecular formula is C15H12N2O5S2. The third-order valence-corrected chi connectivity index (χ3v) is 5.01. The Morgan fingerprint density at radius 1 is 1.29 bits per heavy atom. The molecule has 0 N–H and O–H groups in total. The molecule has 0 spiro atoms. The number of esters is 1. The summed E-state index contributed by atoms with van der Waals surface area (Å²) >= 11 is 1.46. The Morgan fingerprint density at radius 2 is 2.12 bits per heavy atom. The number of rotatable bonds is 5. The van der Waals surface area contributed by atoms with Crippen molar-refractivity contribution in [2.45, 2.75) is 11.5 Å². The van der Waals surface area contributed by atoms with E-state index in [2.05, 4.69) is 10.1 Å². The molecule has 0 saturated carbocycles. The van der Waals surface area contributed by atoms with E-state index in [0.717, 1.165) is 11.1 Å². The molecule has 0 aliphatic carbocycles. The van der Waals surface area contributed by atoms with Crippen LogP contribution >= 0.6 is 11.3 Å². The van der Waals surface area contributed by atoms with Gasteiger partial charge in [0.25, 0.3) is 5.89 Å². The van der Waals surface area contributed by atoms with Gasteiger partial charge in [0.1, 0.15) is 0 Å². The fourth-order valence-electron chi connectivity index (χ4n) is 1.88. The van der Waals surface area contributed by atoms with Crippen LogP contribution in [0.5, 0.6) is 0 Å². The van der Waals surface area contributed by atoms with E-state index in [9.17, 15) is 13.2 Å². The molecule has 24 heavy (non-hydrogen) atoms. The highest BCUT2D eigenvalue weighted by Gasteiger charge is 2.15. The molecule has 0 unspecified atom stereocenters. The van der Waals surface area contributed by atoms with Crippen molar-refractivity contribution in [3.8, 4) is 10.7 Å². The van der Waals surface area contributed by atoms with E-state index < -0.39 is 15.8 Å². The third-order valence-electron chi connectivity index (χ3n) is 3.03. The van der Waals surface area contributed by atoms with Crippen LogP contribution in [0.15, 0.2) is 51.2 Å². The zero-order valence-corrected chi connectivity index (χ0v) is 14.1. The number of thiophene rings is 1. The summed E-state index contributed by atoms with van der Waals surface area (Å²) in [5, 5.41) is 5.70. The van der Waals surface area contributed by atoms with Gasteiger partial charge in [0.05, 0.1) is 15.3 Å². The van der Waals surface area contributed by atoms with Crippen molar-refractivity contribution < 1.29 is 22.5 Å². The van der Waals surface area contributed by atoms with Gasteiger partial charge in [0.15, 0.2) is 16.4 Å². The minimum atomic E-state index is -3.40. The minimum Gasteiger partial charge on any atom is -0.452 e. The number of hydrogen-bond acceptors (Lipinski definition) is 8. The van der Waals surface area contributed by atoms with Gasteiger partial charge in [-0.3, -0.25) is 0 Å². The molecule has 3 rings (SSSR count). The van der Waals surface area contributed by atoms with E-state index >= 15 is 0 Å². The highest BCUT2D eigenvalue weighted by molar-refractivity contribution is 7.90. The molecule has 0 amide bonds. The minimum absolute atomic E-state index is 0.0507. The highest BCUT2D eigenvalue weighted by Crippen LogP contribution is 2.21. The number of aromatic nitrogens is 2. The highest BCUT2D eigenvalue weighted by atomic mass is 32.2. The number of benzene rings is 1. The lowest BCUT2D eigenvalue weighted by molar-refractivity contribution is 0.0429. The Labute approximate surface area is 141 Å². The largest absolute Gasteiger partial charge is 0.452 e. The van der Waals surface area contributed by atoms with Crippen LogP contribution in [0.2, 0.25) is 0 Å². The number of hydrogen-bond donors (Lipinski definition) is 0. The molecule has 124 valence electrons. The first kappa shape index (κ1) is 16.3.